The number of carbonyl (C=O) groups is 2. The lowest BCUT2D eigenvalue weighted by Crippen LogP contribution is -2.51. The van der Waals surface area contributed by atoms with E-state index in [0.717, 1.165) is 50.9 Å². The summed E-state index contributed by atoms with van der Waals surface area (Å²) in [5, 5.41) is 9.33. The predicted octanol–water partition coefficient (Wildman–Crippen LogP) is 4.95. The fourth-order valence-corrected chi connectivity index (χ4v) is 5.53. The fraction of sp³-hybridized carbons (Fsp3) is 0.913. The molecule has 0 spiro atoms. The van der Waals surface area contributed by atoms with Gasteiger partial charge in [0.15, 0.2) is 0 Å². The third kappa shape index (κ3) is 10.6. The van der Waals surface area contributed by atoms with E-state index in [0.29, 0.717) is 11.8 Å². The van der Waals surface area contributed by atoms with Crippen LogP contribution in [0.3, 0.4) is 0 Å². The third-order valence-corrected chi connectivity index (χ3v) is 6.82. The molecule has 6 heteroatoms. The van der Waals surface area contributed by atoms with Gasteiger partial charge in [-0.3, -0.25) is 4.79 Å². The molecule has 1 saturated carbocycles. The van der Waals surface area contributed by atoms with E-state index in [1.807, 2.05) is 32.5 Å². The van der Waals surface area contributed by atoms with Gasteiger partial charge in [-0.15, -0.1) is 0 Å². The molecule has 0 aromatic rings. The first-order chi connectivity index (χ1) is 13.2. The minimum absolute atomic E-state index is 0.0631. The molecule has 0 saturated heterocycles. The van der Waals surface area contributed by atoms with E-state index in [9.17, 15) is 9.59 Å². The highest BCUT2D eigenvalue weighted by Crippen LogP contribution is 2.32. The van der Waals surface area contributed by atoms with Gasteiger partial charge < -0.3 is 16.0 Å². The zero-order valence-electron chi connectivity index (χ0n) is 20.0. The number of urea groups is 1. The highest BCUT2D eigenvalue weighted by molar-refractivity contribution is 8.00. The summed E-state index contributed by atoms with van der Waals surface area (Å²) in [4.78, 5) is 24.4. The third-order valence-electron chi connectivity index (χ3n) is 5.60. The van der Waals surface area contributed by atoms with Crippen LogP contribution in [0.5, 0.6) is 0 Å². The molecule has 5 nitrogen and oxygen atoms in total. The van der Waals surface area contributed by atoms with Crippen LogP contribution in [0.4, 0.5) is 4.79 Å². The molecule has 1 rings (SSSR count). The Morgan fingerprint density at radius 1 is 0.862 bits per heavy atom. The van der Waals surface area contributed by atoms with Crippen molar-refractivity contribution in [2.75, 3.05) is 18.8 Å². The largest absolute Gasteiger partial charge is 0.355 e. The van der Waals surface area contributed by atoms with Gasteiger partial charge in [0.2, 0.25) is 5.91 Å². The topological polar surface area (TPSA) is 70.2 Å². The Labute approximate surface area is 183 Å². The van der Waals surface area contributed by atoms with Gasteiger partial charge in [0.05, 0.1) is 0 Å². The molecule has 3 N–H and O–H groups in total. The number of rotatable bonds is 9. The van der Waals surface area contributed by atoms with Gasteiger partial charge in [0.25, 0.3) is 0 Å². The molecule has 3 amide bonds. The highest BCUT2D eigenvalue weighted by Gasteiger charge is 2.30. The summed E-state index contributed by atoms with van der Waals surface area (Å²) in [5.41, 5.74) is -0.564. The number of hydrogen-bond donors (Lipinski definition) is 3. The molecule has 0 unspecified atom stereocenters. The zero-order chi connectivity index (χ0) is 22.3. The summed E-state index contributed by atoms with van der Waals surface area (Å²) in [6.45, 7) is 18.2. The first kappa shape index (κ1) is 26.1. The highest BCUT2D eigenvalue weighted by atomic mass is 32.2. The Bertz CT molecular complexity index is 533. The molecule has 1 fully saturated rings. The molecule has 170 valence electrons. The second-order valence-electron chi connectivity index (χ2n) is 10.9. The average Bonchev–Trinajstić information content (AvgIpc) is 2.56. The van der Waals surface area contributed by atoms with Gasteiger partial charge in [-0.05, 0) is 63.5 Å². The van der Waals surface area contributed by atoms with Crippen molar-refractivity contribution >= 4 is 23.7 Å². The van der Waals surface area contributed by atoms with Crippen molar-refractivity contribution in [3.63, 3.8) is 0 Å². The number of nitrogens with one attached hydrogen (secondary N) is 3. The van der Waals surface area contributed by atoms with E-state index in [4.69, 9.17) is 0 Å². The number of amides is 3. The molecule has 0 aromatic carbocycles. The Balaban J connectivity index is 2.30. The summed E-state index contributed by atoms with van der Waals surface area (Å²) in [6, 6.07) is -0.0631. The molecular weight excluding hydrogens is 382 g/mol. The molecule has 0 radical (unpaired) electrons. The molecule has 0 bridgehead atoms. The van der Waals surface area contributed by atoms with Gasteiger partial charge >= 0.3 is 6.03 Å². The van der Waals surface area contributed by atoms with E-state index < -0.39 is 0 Å². The van der Waals surface area contributed by atoms with Gasteiger partial charge in [-0.25, -0.2) is 4.79 Å². The first-order valence-corrected chi connectivity index (χ1v) is 12.2. The SMILES string of the molecule is CCSC(C)(C)CC(C)(C)NC(=O)NCC1CCC(CNC(=O)C(C)(C)C)CC1. The maximum Gasteiger partial charge on any atom is 0.315 e. The van der Waals surface area contributed by atoms with Crippen LogP contribution in [0.25, 0.3) is 0 Å². The number of hydrogen-bond acceptors (Lipinski definition) is 3. The second kappa shape index (κ2) is 10.9. The molecule has 1 aliphatic rings. The van der Waals surface area contributed by atoms with Crippen molar-refractivity contribution in [1.29, 1.82) is 0 Å². The minimum atomic E-state index is -0.327. The lowest BCUT2D eigenvalue weighted by Gasteiger charge is -2.35. The molecule has 29 heavy (non-hydrogen) atoms. The summed E-state index contributed by atoms with van der Waals surface area (Å²) in [6.07, 6.45) is 5.38. The second-order valence-corrected chi connectivity index (χ2v) is 12.9. The molecule has 0 heterocycles. The smallest absolute Gasteiger partial charge is 0.315 e. The summed E-state index contributed by atoms with van der Waals surface area (Å²) in [7, 11) is 0. The van der Waals surface area contributed by atoms with Crippen LogP contribution in [0.1, 0.15) is 87.5 Å². The van der Waals surface area contributed by atoms with Crippen molar-refractivity contribution in [3.8, 4) is 0 Å². The molecular formula is C23H45N3O2S. The maximum atomic E-state index is 12.4. The van der Waals surface area contributed by atoms with E-state index >= 15 is 0 Å². The summed E-state index contributed by atoms with van der Waals surface area (Å²) >= 11 is 1.93. The fourth-order valence-electron chi connectivity index (χ4n) is 4.28. The summed E-state index contributed by atoms with van der Waals surface area (Å²) in [5.74, 6) is 2.30. The predicted molar refractivity (Wildman–Crippen MR) is 125 cm³/mol. The van der Waals surface area contributed by atoms with Gasteiger partial charge in [0.1, 0.15) is 0 Å². The summed E-state index contributed by atoms with van der Waals surface area (Å²) < 4.78 is 0.145. The van der Waals surface area contributed by atoms with Crippen LogP contribution >= 0.6 is 11.8 Å². The van der Waals surface area contributed by atoms with Gasteiger partial charge in [-0.1, -0.05) is 41.5 Å². The van der Waals surface area contributed by atoms with Crippen LogP contribution in [0.15, 0.2) is 0 Å². The lowest BCUT2D eigenvalue weighted by atomic mass is 9.81. The van der Waals surface area contributed by atoms with Crippen LogP contribution < -0.4 is 16.0 Å². The monoisotopic (exact) mass is 427 g/mol. The number of carbonyl (C=O) groups excluding carboxylic acids is 2. The van der Waals surface area contributed by atoms with Crippen molar-refractivity contribution in [2.45, 2.75) is 97.8 Å². The van der Waals surface area contributed by atoms with E-state index in [-0.39, 0.29) is 27.6 Å². The Kier molecular flexibility index (Phi) is 9.84. The van der Waals surface area contributed by atoms with Gasteiger partial charge in [-0.2, -0.15) is 11.8 Å². The molecule has 0 aromatic heterocycles. The van der Waals surface area contributed by atoms with Crippen LogP contribution in [0.2, 0.25) is 0 Å². The van der Waals surface area contributed by atoms with Crippen LogP contribution in [-0.4, -0.2) is 41.1 Å². The standard InChI is InChI=1S/C23H45N3O2S/c1-9-29-23(7,8)16-22(5,6)26-20(28)25-15-18-12-10-17(11-13-18)14-24-19(27)21(2,3)4/h17-18H,9-16H2,1-8H3,(H,24,27)(H2,25,26,28). The molecule has 0 atom stereocenters. The lowest BCUT2D eigenvalue weighted by molar-refractivity contribution is -0.128. The van der Waals surface area contributed by atoms with Crippen molar-refractivity contribution in [3.05, 3.63) is 0 Å². The Morgan fingerprint density at radius 3 is 1.79 bits per heavy atom. The minimum Gasteiger partial charge on any atom is -0.355 e. The normalized spacial score (nSPS) is 20.8. The van der Waals surface area contributed by atoms with E-state index in [1.165, 1.54) is 0 Å². The maximum absolute atomic E-state index is 12.4. The average molecular weight is 428 g/mol. The van der Waals surface area contributed by atoms with Crippen molar-refractivity contribution in [1.82, 2.24) is 16.0 Å². The molecule has 1 aliphatic carbocycles. The zero-order valence-corrected chi connectivity index (χ0v) is 20.9. The Hall–Kier alpha value is -0.910. The first-order valence-electron chi connectivity index (χ1n) is 11.2. The molecule has 0 aliphatic heterocycles. The quantitative estimate of drug-likeness (QED) is 0.487. The van der Waals surface area contributed by atoms with Gasteiger partial charge in [0, 0.05) is 28.8 Å². The van der Waals surface area contributed by atoms with E-state index in [2.05, 4.69) is 50.6 Å². The van der Waals surface area contributed by atoms with Crippen molar-refractivity contribution < 1.29 is 9.59 Å². The van der Waals surface area contributed by atoms with Crippen molar-refractivity contribution in [2.24, 2.45) is 17.3 Å². The Morgan fingerprint density at radius 2 is 1.34 bits per heavy atom. The van der Waals surface area contributed by atoms with E-state index in [1.54, 1.807) is 0 Å². The van der Waals surface area contributed by atoms with Crippen LogP contribution in [0, 0.1) is 17.3 Å². The van der Waals surface area contributed by atoms with Crippen LogP contribution in [-0.2, 0) is 4.79 Å². The number of thioether (sulfide) groups is 1.